The highest BCUT2D eigenvalue weighted by Crippen LogP contribution is 2.32. The second-order valence-electron chi connectivity index (χ2n) is 17.6. The number of primary amides is 1. The Bertz CT molecular complexity index is 1160. The lowest BCUT2D eigenvalue weighted by atomic mass is 9.78. The predicted octanol–water partition coefficient (Wildman–Crippen LogP) is 14.1. The van der Waals surface area contributed by atoms with Gasteiger partial charge in [0.1, 0.15) is 0 Å². The van der Waals surface area contributed by atoms with E-state index in [1.54, 1.807) is 13.8 Å². The average Bonchev–Trinajstić information content (AvgIpc) is 3.16. The molecule has 0 saturated heterocycles. The molecule has 0 aromatic heterocycles. The number of Topliss-reactive ketones (excluding diaryl/α,β-unsaturated/α-hetero) is 1. The average molecular weight is 816 g/mol. The summed E-state index contributed by atoms with van der Waals surface area (Å²) in [6.07, 6.45) is 12.8. The van der Waals surface area contributed by atoms with Crippen molar-refractivity contribution >= 4 is 17.6 Å². The lowest BCUT2D eigenvalue weighted by molar-refractivity contribution is -0.138. The van der Waals surface area contributed by atoms with Crippen molar-refractivity contribution in [2.45, 2.75) is 214 Å². The Morgan fingerprint density at radius 2 is 1.28 bits per heavy atom. The summed E-state index contributed by atoms with van der Waals surface area (Å²) in [5.74, 6) is 1.31. The first-order valence-electron chi connectivity index (χ1n) is 23.1. The van der Waals surface area contributed by atoms with E-state index in [2.05, 4.69) is 130 Å². The van der Waals surface area contributed by atoms with Crippen molar-refractivity contribution in [2.24, 2.45) is 40.7 Å². The minimum absolute atomic E-state index is 0.0822. The maximum atomic E-state index is 11.4. The Kier molecular flexibility index (Phi) is 42.7. The molecule has 1 saturated carbocycles. The standard InChI is InChI=1S/C17H25NO.C11H22.C9H19N.C8H15NO2.C3H8.2C2H6/c1-15(19)18-17(12-6-3-7-13-17)14-8-11-16-9-4-2-5-10-16;1-7-9(4)11(6)10(5)8(2)3;1-7(2)8(10-6)9(3,4)5;1-5(2)4-6(3)7(10)8(9)11;1-3-2;2*1-2/h2,4-5,9-10H,3,6-8,11-14H2,1H3,(H,18,19);9-11H,2,7H2,1,3-6H3;8,10H,1H2,2-6H3;5-6H,4H2,1-3H3,(H2,9,11);3H2,1-2H3;2*1-2H3/t;9-,10?,11-;;;;;/m.0...../s1. The first kappa shape index (κ1) is 64.4. The topological polar surface area (TPSA) is 101 Å². The Morgan fingerprint density at radius 1 is 0.810 bits per heavy atom. The van der Waals surface area contributed by atoms with Gasteiger partial charge in [0.25, 0.3) is 5.91 Å². The molecule has 0 radical (unpaired) electrons. The van der Waals surface area contributed by atoms with Crippen molar-refractivity contribution in [3.63, 3.8) is 0 Å². The fraction of sp³-hybridized carbons (Fsp3) is 0.750. The van der Waals surface area contributed by atoms with E-state index >= 15 is 0 Å². The Hall–Kier alpha value is -2.73. The zero-order valence-corrected chi connectivity index (χ0v) is 42.3. The van der Waals surface area contributed by atoms with Crippen LogP contribution in [-0.2, 0) is 20.8 Å². The molecule has 0 spiro atoms. The number of hydrogen-bond donors (Lipinski definition) is 3. The molecule has 1 aromatic rings. The minimum Gasteiger partial charge on any atom is -0.363 e. The smallest absolute Gasteiger partial charge is 0.285 e. The summed E-state index contributed by atoms with van der Waals surface area (Å²) in [5.41, 5.74) is 9.11. The summed E-state index contributed by atoms with van der Waals surface area (Å²) in [5, 5.41) is 6.48. The molecule has 3 unspecified atom stereocenters. The van der Waals surface area contributed by atoms with Gasteiger partial charge in [0.05, 0.1) is 0 Å². The minimum atomic E-state index is -0.821. The Labute approximate surface area is 363 Å². The van der Waals surface area contributed by atoms with Crippen LogP contribution >= 0.6 is 0 Å². The Balaban J connectivity index is -0.000000212. The van der Waals surface area contributed by atoms with Crippen molar-refractivity contribution in [2.75, 3.05) is 7.05 Å². The van der Waals surface area contributed by atoms with Crippen LogP contribution in [0.5, 0.6) is 0 Å². The number of amides is 2. The van der Waals surface area contributed by atoms with Gasteiger partial charge in [-0.1, -0.05) is 198 Å². The molecule has 2 amide bonds. The van der Waals surface area contributed by atoms with E-state index in [1.807, 2.05) is 48.6 Å². The number of carbonyl (C=O) groups excluding carboxylic acids is 3. The molecule has 1 aliphatic carbocycles. The van der Waals surface area contributed by atoms with Gasteiger partial charge in [-0.3, -0.25) is 14.4 Å². The number of benzene rings is 1. The quantitative estimate of drug-likeness (QED) is 0.121. The van der Waals surface area contributed by atoms with Crippen molar-refractivity contribution in [1.82, 2.24) is 10.6 Å². The largest absolute Gasteiger partial charge is 0.363 e. The number of rotatable bonds is 15. The molecule has 1 aliphatic rings. The maximum Gasteiger partial charge on any atom is 0.285 e. The zero-order valence-electron chi connectivity index (χ0n) is 42.3. The van der Waals surface area contributed by atoms with Crippen LogP contribution < -0.4 is 16.4 Å². The van der Waals surface area contributed by atoms with Crippen LogP contribution in [0.15, 0.2) is 54.6 Å². The lowest BCUT2D eigenvalue weighted by Gasteiger charge is -2.38. The van der Waals surface area contributed by atoms with Gasteiger partial charge < -0.3 is 16.4 Å². The first-order valence-corrected chi connectivity index (χ1v) is 23.1. The SMILES string of the molecule is C=C(C)C(C)[C@@H](C)[C@@H](C)CC.C=C(C)C(NC)C(C)(C)C.CC.CC.CC(=O)NC1(CCCc2ccccc2)CCCCC1.CC(C)CC(C)C(=O)C(N)=O.CCC. The molecule has 0 aliphatic heterocycles. The van der Waals surface area contributed by atoms with E-state index in [1.165, 1.54) is 48.8 Å². The van der Waals surface area contributed by atoms with Crippen molar-refractivity contribution in [3.05, 3.63) is 60.2 Å². The van der Waals surface area contributed by atoms with Gasteiger partial charge in [-0.15, -0.1) is 0 Å². The van der Waals surface area contributed by atoms with Crippen molar-refractivity contribution in [1.29, 1.82) is 0 Å². The Morgan fingerprint density at radius 3 is 1.59 bits per heavy atom. The highest BCUT2D eigenvalue weighted by atomic mass is 16.2. The molecule has 4 N–H and O–H groups in total. The second kappa shape index (κ2) is 38.5. The van der Waals surface area contributed by atoms with E-state index in [0.29, 0.717) is 17.9 Å². The summed E-state index contributed by atoms with van der Waals surface area (Å²) in [4.78, 5) is 32.7. The molecule has 0 heterocycles. The van der Waals surface area contributed by atoms with Crippen LogP contribution in [0.1, 0.15) is 201 Å². The van der Waals surface area contributed by atoms with E-state index in [-0.39, 0.29) is 22.8 Å². The lowest BCUT2D eigenvalue weighted by Crippen LogP contribution is -2.49. The van der Waals surface area contributed by atoms with Gasteiger partial charge in [-0.2, -0.15) is 0 Å². The molecule has 342 valence electrons. The number of nitrogens with one attached hydrogen (secondary N) is 2. The van der Waals surface area contributed by atoms with Crippen molar-refractivity contribution in [3.8, 4) is 0 Å². The fourth-order valence-corrected chi connectivity index (χ4v) is 7.10. The van der Waals surface area contributed by atoms with Crippen LogP contribution in [0, 0.1) is 35.0 Å². The number of carbonyl (C=O) groups is 3. The summed E-state index contributed by atoms with van der Waals surface area (Å²) in [6, 6.07) is 11.0. The highest BCUT2D eigenvalue weighted by Gasteiger charge is 2.32. The third-order valence-electron chi connectivity index (χ3n) is 10.5. The summed E-state index contributed by atoms with van der Waals surface area (Å²) in [7, 11) is 1.98. The third kappa shape index (κ3) is 34.2. The monoisotopic (exact) mass is 816 g/mol. The number of aryl methyl sites for hydroxylation is 1. The molecule has 0 bridgehead atoms. The van der Waals surface area contributed by atoms with Gasteiger partial charge >= 0.3 is 0 Å². The number of ketones is 1. The fourth-order valence-electron chi connectivity index (χ4n) is 7.10. The van der Waals surface area contributed by atoms with Crippen LogP contribution in [0.25, 0.3) is 0 Å². The van der Waals surface area contributed by atoms with Gasteiger partial charge in [0.15, 0.2) is 0 Å². The van der Waals surface area contributed by atoms with E-state index in [4.69, 9.17) is 5.73 Å². The van der Waals surface area contributed by atoms with E-state index in [0.717, 1.165) is 50.4 Å². The van der Waals surface area contributed by atoms with Gasteiger partial charge in [-0.05, 0) is 94.1 Å². The highest BCUT2D eigenvalue weighted by molar-refractivity contribution is 6.36. The molecular formula is C52H101N3O3. The number of nitrogens with two attached hydrogens (primary N) is 1. The number of likely N-dealkylation sites (N-methyl/N-ethyl adjacent to an activating group) is 1. The molecular weight excluding hydrogens is 715 g/mol. The van der Waals surface area contributed by atoms with Gasteiger partial charge in [0, 0.05) is 24.4 Å². The van der Waals surface area contributed by atoms with E-state index < -0.39 is 11.7 Å². The van der Waals surface area contributed by atoms with Gasteiger partial charge in [-0.25, -0.2) is 0 Å². The van der Waals surface area contributed by atoms with Crippen LogP contribution in [0.4, 0.5) is 0 Å². The summed E-state index contributed by atoms with van der Waals surface area (Å²) >= 11 is 0. The summed E-state index contributed by atoms with van der Waals surface area (Å²) in [6.45, 7) is 47.6. The second-order valence-corrected chi connectivity index (χ2v) is 17.6. The zero-order chi connectivity index (χ0) is 46.7. The molecule has 58 heavy (non-hydrogen) atoms. The van der Waals surface area contributed by atoms with Crippen LogP contribution in [0.3, 0.4) is 0 Å². The third-order valence-corrected chi connectivity index (χ3v) is 10.5. The van der Waals surface area contributed by atoms with Gasteiger partial charge in [0.2, 0.25) is 11.7 Å². The number of allylic oxidation sites excluding steroid dienone is 1. The molecule has 5 atom stereocenters. The van der Waals surface area contributed by atoms with E-state index in [9.17, 15) is 14.4 Å². The molecule has 1 aromatic carbocycles. The molecule has 6 nitrogen and oxygen atoms in total. The normalized spacial score (nSPS) is 15.1. The molecule has 2 rings (SSSR count). The first-order chi connectivity index (χ1) is 27.0. The molecule has 1 fully saturated rings. The van der Waals surface area contributed by atoms with Crippen LogP contribution in [-0.4, -0.2) is 36.2 Å². The number of hydrogen-bond acceptors (Lipinski definition) is 4. The molecule has 6 heteroatoms. The van der Waals surface area contributed by atoms with Crippen LogP contribution in [0.2, 0.25) is 0 Å². The summed E-state index contributed by atoms with van der Waals surface area (Å²) < 4.78 is 0. The van der Waals surface area contributed by atoms with Crippen molar-refractivity contribution < 1.29 is 14.4 Å². The predicted molar refractivity (Wildman–Crippen MR) is 260 cm³/mol. The maximum absolute atomic E-state index is 11.4.